The molecule has 0 spiro atoms. The normalized spacial score (nSPS) is 18.7. The van der Waals surface area contributed by atoms with Crippen LogP contribution in [-0.4, -0.2) is 78.3 Å². The molecule has 6 nitrogen and oxygen atoms in total. The van der Waals surface area contributed by atoms with E-state index in [2.05, 4.69) is 0 Å². The first-order valence-corrected chi connectivity index (χ1v) is 5.40. The highest BCUT2D eigenvalue weighted by molar-refractivity contribution is 4.84. The van der Waals surface area contributed by atoms with Crippen LogP contribution in [0, 0.1) is 0 Å². The summed E-state index contributed by atoms with van der Waals surface area (Å²) in [6, 6.07) is 0. The van der Waals surface area contributed by atoms with Crippen molar-refractivity contribution in [3.63, 3.8) is 0 Å². The predicted octanol–water partition coefficient (Wildman–Crippen LogP) is -0.315. The summed E-state index contributed by atoms with van der Waals surface area (Å²) >= 11 is 0. The van der Waals surface area contributed by atoms with Gasteiger partial charge in [-0.15, -0.1) is 0 Å². The molecule has 0 saturated heterocycles. The van der Waals surface area contributed by atoms with Crippen molar-refractivity contribution in [1.82, 2.24) is 0 Å². The van der Waals surface area contributed by atoms with Crippen LogP contribution in [0.2, 0.25) is 0 Å². The fourth-order valence-corrected chi connectivity index (χ4v) is 1.73. The van der Waals surface area contributed by atoms with Gasteiger partial charge in [-0.25, -0.2) is 0 Å². The second-order valence-electron chi connectivity index (χ2n) is 3.65. The van der Waals surface area contributed by atoms with Crippen LogP contribution in [0.1, 0.15) is 0 Å². The summed E-state index contributed by atoms with van der Waals surface area (Å²) in [5.74, 6) is 0. The molecule has 0 fully saturated rings. The van der Waals surface area contributed by atoms with E-state index in [1.807, 2.05) is 0 Å². The van der Waals surface area contributed by atoms with Gasteiger partial charge in [-0.3, -0.25) is 0 Å². The molecular weight excluding hydrogens is 228 g/mol. The molecule has 4 atom stereocenters. The van der Waals surface area contributed by atoms with Crippen molar-refractivity contribution in [3.05, 3.63) is 0 Å². The van der Waals surface area contributed by atoms with E-state index in [0.717, 1.165) is 0 Å². The Morgan fingerprint density at radius 3 is 1.65 bits per heavy atom. The van der Waals surface area contributed by atoms with Gasteiger partial charge in [0, 0.05) is 35.5 Å². The number of ether oxygens (including phenoxy) is 5. The molecule has 0 aliphatic rings. The number of aliphatic hydroxyl groups is 1. The number of methoxy groups -OCH3 is 5. The molecule has 0 aliphatic heterocycles. The van der Waals surface area contributed by atoms with Gasteiger partial charge in [0.2, 0.25) is 0 Å². The van der Waals surface area contributed by atoms with Gasteiger partial charge < -0.3 is 28.8 Å². The second kappa shape index (κ2) is 9.76. The number of rotatable bonds is 10. The second-order valence-corrected chi connectivity index (χ2v) is 3.65. The van der Waals surface area contributed by atoms with Crippen molar-refractivity contribution in [2.75, 3.05) is 48.8 Å². The fraction of sp³-hybridized carbons (Fsp3) is 1.00. The maximum absolute atomic E-state index is 9.90. The Hall–Kier alpha value is -0.240. The molecule has 0 amide bonds. The Labute approximate surface area is 103 Å². The Bertz CT molecular complexity index is 177. The molecule has 0 aromatic carbocycles. The Morgan fingerprint density at radius 2 is 1.29 bits per heavy atom. The maximum atomic E-state index is 9.90. The highest BCUT2D eigenvalue weighted by Crippen LogP contribution is 2.15. The molecule has 0 saturated carbocycles. The minimum Gasteiger partial charge on any atom is -0.388 e. The van der Waals surface area contributed by atoms with Crippen molar-refractivity contribution in [2.45, 2.75) is 24.4 Å². The lowest BCUT2D eigenvalue weighted by Gasteiger charge is -2.33. The quantitative estimate of drug-likeness (QED) is 0.575. The van der Waals surface area contributed by atoms with Crippen molar-refractivity contribution in [1.29, 1.82) is 0 Å². The molecular formula is C11H24O6. The van der Waals surface area contributed by atoms with Crippen LogP contribution in [0.25, 0.3) is 0 Å². The first kappa shape index (κ1) is 16.8. The minimum absolute atomic E-state index is 0.168. The largest absolute Gasteiger partial charge is 0.388 e. The van der Waals surface area contributed by atoms with E-state index >= 15 is 0 Å². The van der Waals surface area contributed by atoms with E-state index < -0.39 is 18.3 Å². The zero-order valence-electron chi connectivity index (χ0n) is 11.2. The molecule has 1 N–H and O–H groups in total. The lowest BCUT2D eigenvalue weighted by molar-refractivity contribution is -0.160. The molecule has 0 aromatic rings. The monoisotopic (exact) mass is 252 g/mol. The van der Waals surface area contributed by atoms with Crippen molar-refractivity contribution in [3.8, 4) is 0 Å². The first-order chi connectivity index (χ1) is 8.15. The third-order valence-corrected chi connectivity index (χ3v) is 2.58. The van der Waals surface area contributed by atoms with E-state index in [9.17, 15) is 5.11 Å². The van der Waals surface area contributed by atoms with E-state index in [1.165, 1.54) is 21.3 Å². The summed E-state index contributed by atoms with van der Waals surface area (Å²) in [5, 5.41) is 9.90. The average Bonchev–Trinajstić information content (AvgIpc) is 2.33. The minimum atomic E-state index is -0.788. The van der Waals surface area contributed by atoms with E-state index in [1.54, 1.807) is 14.2 Å². The van der Waals surface area contributed by atoms with E-state index in [0.29, 0.717) is 6.61 Å². The number of hydrogen-bond donors (Lipinski definition) is 1. The van der Waals surface area contributed by atoms with Gasteiger partial charge in [0.15, 0.2) is 0 Å². The third-order valence-electron chi connectivity index (χ3n) is 2.58. The van der Waals surface area contributed by atoms with Crippen LogP contribution in [0.4, 0.5) is 0 Å². The van der Waals surface area contributed by atoms with Gasteiger partial charge in [-0.1, -0.05) is 0 Å². The van der Waals surface area contributed by atoms with Gasteiger partial charge in [0.05, 0.1) is 13.2 Å². The molecule has 17 heavy (non-hydrogen) atoms. The SMILES string of the molecule is COC[C@@H](O)[C@H](OC)[C@@H](OC)[C@@H](COC)OC. The number of aliphatic hydroxyl groups excluding tert-OH is 1. The zero-order valence-corrected chi connectivity index (χ0v) is 11.2. The first-order valence-electron chi connectivity index (χ1n) is 5.40. The van der Waals surface area contributed by atoms with Crippen molar-refractivity contribution >= 4 is 0 Å². The Balaban J connectivity index is 4.64. The van der Waals surface area contributed by atoms with Crippen LogP contribution >= 0.6 is 0 Å². The summed E-state index contributed by atoms with van der Waals surface area (Å²) in [6.07, 6.45) is -2.08. The van der Waals surface area contributed by atoms with Crippen molar-refractivity contribution < 1.29 is 28.8 Å². The smallest absolute Gasteiger partial charge is 0.114 e. The molecule has 0 aromatic heterocycles. The van der Waals surface area contributed by atoms with Crippen LogP contribution < -0.4 is 0 Å². The average molecular weight is 252 g/mol. The van der Waals surface area contributed by atoms with Crippen molar-refractivity contribution in [2.24, 2.45) is 0 Å². The number of hydrogen-bond acceptors (Lipinski definition) is 6. The van der Waals surface area contributed by atoms with E-state index in [-0.39, 0.29) is 12.7 Å². The molecule has 0 radical (unpaired) electrons. The van der Waals surface area contributed by atoms with Gasteiger partial charge >= 0.3 is 0 Å². The molecule has 0 bridgehead atoms. The van der Waals surface area contributed by atoms with Gasteiger partial charge in [0.25, 0.3) is 0 Å². The van der Waals surface area contributed by atoms with Crippen LogP contribution in [-0.2, 0) is 23.7 Å². The molecule has 104 valence electrons. The summed E-state index contributed by atoms with van der Waals surface area (Å²) < 4.78 is 25.8. The molecule has 0 aliphatic carbocycles. The highest BCUT2D eigenvalue weighted by atomic mass is 16.6. The molecule has 6 heteroatoms. The summed E-state index contributed by atoms with van der Waals surface area (Å²) in [5.41, 5.74) is 0. The Morgan fingerprint density at radius 1 is 0.765 bits per heavy atom. The van der Waals surface area contributed by atoms with E-state index in [4.69, 9.17) is 23.7 Å². The standard InChI is InChI=1S/C11H24O6/c1-13-6-8(12)10(16-4)11(17-5)9(15-3)7-14-2/h8-12H,6-7H2,1-5H3/t8-,9-,10+,11+/m1/s1. The molecule has 0 unspecified atom stereocenters. The van der Waals surface area contributed by atoms with Crippen LogP contribution in [0.15, 0.2) is 0 Å². The maximum Gasteiger partial charge on any atom is 0.114 e. The lowest BCUT2D eigenvalue weighted by Crippen LogP contribution is -2.50. The predicted molar refractivity (Wildman–Crippen MR) is 62.1 cm³/mol. The fourth-order valence-electron chi connectivity index (χ4n) is 1.73. The lowest BCUT2D eigenvalue weighted by atomic mass is 10.0. The van der Waals surface area contributed by atoms with Gasteiger partial charge in [-0.2, -0.15) is 0 Å². The van der Waals surface area contributed by atoms with Gasteiger partial charge in [0.1, 0.15) is 24.4 Å². The topological polar surface area (TPSA) is 66.4 Å². The highest BCUT2D eigenvalue weighted by Gasteiger charge is 2.34. The van der Waals surface area contributed by atoms with Crippen LogP contribution in [0.3, 0.4) is 0 Å². The summed E-state index contributed by atoms with van der Waals surface area (Å²) in [4.78, 5) is 0. The summed E-state index contributed by atoms with van der Waals surface area (Å²) in [7, 11) is 7.70. The third kappa shape index (κ3) is 5.29. The van der Waals surface area contributed by atoms with Gasteiger partial charge in [-0.05, 0) is 0 Å². The Kier molecular flexibility index (Phi) is 9.62. The zero-order chi connectivity index (χ0) is 13.3. The van der Waals surface area contributed by atoms with Crippen LogP contribution in [0.5, 0.6) is 0 Å². The summed E-state index contributed by atoms with van der Waals surface area (Å²) in [6.45, 7) is 0.524. The molecule has 0 rings (SSSR count). The molecule has 0 heterocycles.